The fraction of sp³-hybridized carbons (Fsp3) is 0.750. The van der Waals surface area contributed by atoms with Crippen molar-refractivity contribution in [2.24, 2.45) is 0 Å². The number of rotatable bonds is 3. The molecule has 2 N–H and O–H groups in total. The van der Waals surface area contributed by atoms with Crippen LogP contribution in [0.4, 0.5) is 5.82 Å². The Morgan fingerprint density at radius 1 is 1.38 bits per heavy atom. The fourth-order valence-electron chi connectivity index (χ4n) is 2.49. The van der Waals surface area contributed by atoms with E-state index in [0.717, 1.165) is 24.5 Å². The molecule has 0 unspecified atom stereocenters. The highest BCUT2D eigenvalue weighted by molar-refractivity contribution is 7.10. The highest BCUT2D eigenvalue weighted by Gasteiger charge is 2.36. The summed E-state index contributed by atoms with van der Waals surface area (Å²) < 4.78 is 6.04. The second kappa shape index (κ2) is 5.15. The summed E-state index contributed by atoms with van der Waals surface area (Å²) in [6.07, 6.45) is 7.28. The van der Waals surface area contributed by atoms with Crippen molar-refractivity contribution in [3.63, 3.8) is 0 Å². The minimum atomic E-state index is -0.145. The van der Waals surface area contributed by atoms with Gasteiger partial charge in [0.05, 0.1) is 0 Å². The molecule has 3 nitrogen and oxygen atoms in total. The van der Waals surface area contributed by atoms with Crippen LogP contribution in [-0.2, 0) is 10.3 Å². The lowest BCUT2D eigenvalue weighted by atomic mass is 9.95. The Kier molecular flexibility index (Phi) is 3.82. The average molecular weight is 240 g/mol. The van der Waals surface area contributed by atoms with E-state index in [1.807, 2.05) is 5.38 Å². The maximum Gasteiger partial charge on any atom is 0.134 e. The van der Waals surface area contributed by atoms with Gasteiger partial charge < -0.3 is 10.5 Å². The molecule has 90 valence electrons. The number of aromatic nitrogens is 1. The van der Waals surface area contributed by atoms with Gasteiger partial charge in [-0.2, -0.15) is 0 Å². The molecule has 4 heteroatoms. The van der Waals surface area contributed by atoms with Crippen LogP contribution in [0.2, 0.25) is 0 Å². The van der Waals surface area contributed by atoms with Gasteiger partial charge in [0.15, 0.2) is 0 Å². The lowest BCUT2D eigenvalue weighted by molar-refractivity contribution is -0.0559. The third-order valence-electron chi connectivity index (χ3n) is 3.24. The molecule has 1 saturated carbocycles. The Labute approximate surface area is 101 Å². The van der Waals surface area contributed by atoms with Crippen LogP contribution in [0.3, 0.4) is 0 Å². The molecule has 0 aromatic carbocycles. The van der Waals surface area contributed by atoms with E-state index in [2.05, 4.69) is 11.9 Å². The zero-order valence-corrected chi connectivity index (χ0v) is 10.7. The first-order valence-electron chi connectivity index (χ1n) is 6.12. The van der Waals surface area contributed by atoms with Gasteiger partial charge in [-0.15, -0.1) is 11.3 Å². The summed E-state index contributed by atoms with van der Waals surface area (Å²) in [6.45, 7) is 2.81. The molecule has 1 aromatic rings. The summed E-state index contributed by atoms with van der Waals surface area (Å²) in [7, 11) is 0. The van der Waals surface area contributed by atoms with E-state index in [-0.39, 0.29) is 5.60 Å². The summed E-state index contributed by atoms with van der Waals surface area (Å²) in [4.78, 5) is 4.44. The topological polar surface area (TPSA) is 48.1 Å². The molecular formula is C12H20N2OS. The number of nitrogens with two attached hydrogens (primary N) is 1. The molecule has 0 radical (unpaired) electrons. The highest BCUT2D eigenvalue weighted by Crippen LogP contribution is 2.41. The Balaban J connectivity index is 2.25. The number of ether oxygens (including phenoxy) is 1. The third kappa shape index (κ3) is 2.38. The molecule has 1 aromatic heterocycles. The predicted octanol–water partition coefficient (Wildman–Crippen LogP) is 3.31. The molecule has 16 heavy (non-hydrogen) atoms. The lowest BCUT2D eigenvalue weighted by Gasteiger charge is -2.30. The van der Waals surface area contributed by atoms with Gasteiger partial charge >= 0.3 is 0 Å². The van der Waals surface area contributed by atoms with Crippen molar-refractivity contribution in [2.75, 3.05) is 12.3 Å². The lowest BCUT2D eigenvalue weighted by Crippen LogP contribution is -2.29. The van der Waals surface area contributed by atoms with Gasteiger partial charge in [-0.05, 0) is 19.8 Å². The zero-order chi connectivity index (χ0) is 11.4. The minimum Gasteiger partial charge on any atom is -0.383 e. The summed E-state index contributed by atoms with van der Waals surface area (Å²) in [6, 6.07) is 0. The monoisotopic (exact) mass is 240 g/mol. The first-order chi connectivity index (χ1) is 7.77. The standard InChI is InChI=1S/C12H20N2OS/c1-2-15-12(7-5-3-4-6-8-12)11-14-10(13)9-16-11/h9H,2-8,13H2,1H3. The fourth-order valence-corrected chi connectivity index (χ4v) is 3.41. The van der Waals surface area contributed by atoms with Crippen molar-refractivity contribution >= 4 is 17.2 Å². The van der Waals surface area contributed by atoms with Gasteiger partial charge in [0.2, 0.25) is 0 Å². The van der Waals surface area contributed by atoms with E-state index in [1.165, 1.54) is 25.7 Å². The predicted molar refractivity (Wildman–Crippen MR) is 67.5 cm³/mol. The van der Waals surface area contributed by atoms with E-state index in [0.29, 0.717) is 5.82 Å². The van der Waals surface area contributed by atoms with Gasteiger partial charge in [0.1, 0.15) is 16.4 Å². The van der Waals surface area contributed by atoms with Gasteiger partial charge in [0.25, 0.3) is 0 Å². The van der Waals surface area contributed by atoms with E-state index in [9.17, 15) is 0 Å². The van der Waals surface area contributed by atoms with Crippen molar-refractivity contribution in [3.05, 3.63) is 10.4 Å². The van der Waals surface area contributed by atoms with Crippen molar-refractivity contribution in [1.29, 1.82) is 0 Å². The minimum absolute atomic E-state index is 0.145. The van der Waals surface area contributed by atoms with Gasteiger partial charge in [0, 0.05) is 12.0 Å². The second-order valence-electron chi connectivity index (χ2n) is 4.42. The molecule has 1 aliphatic carbocycles. The van der Waals surface area contributed by atoms with Crippen LogP contribution in [-0.4, -0.2) is 11.6 Å². The summed E-state index contributed by atoms with van der Waals surface area (Å²) >= 11 is 1.64. The number of nitrogens with zero attached hydrogens (tertiary/aromatic N) is 1. The maximum atomic E-state index is 6.04. The van der Waals surface area contributed by atoms with E-state index < -0.39 is 0 Å². The number of thiazole rings is 1. The van der Waals surface area contributed by atoms with Crippen LogP contribution in [0, 0.1) is 0 Å². The van der Waals surface area contributed by atoms with Crippen molar-refractivity contribution in [1.82, 2.24) is 4.98 Å². The molecular weight excluding hydrogens is 220 g/mol. The number of hydrogen-bond acceptors (Lipinski definition) is 4. The Hall–Kier alpha value is -0.610. The average Bonchev–Trinajstić information content (AvgIpc) is 2.57. The Bertz CT molecular complexity index is 330. The molecule has 0 spiro atoms. The first-order valence-corrected chi connectivity index (χ1v) is 7.00. The molecule has 0 bridgehead atoms. The van der Waals surface area contributed by atoms with Gasteiger partial charge in [-0.3, -0.25) is 0 Å². The van der Waals surface area contributed by atoms with Gasteiger partial charge in [-0.25, -0.2) is 4.98 Å². The highest BCUT2D eigenvalue weighted by atomic mass is 32.1. The molecule has 1 aliphatic rings. The molecule has 2 rings (SSSR count). The summed E-state index contributed by atoms with van der Waals surface area (Å²) in [5.41, 5.74) is 5.58. The Morgan fingerprint density at radius 2 is 2.06 bits per heavy atom. The molecule has 1 heterocycles. The van der Waals surface area contributed by atoms with Crippen LogP contribution in [0.15, 0.2) is 5.38 Å². The molecule has 1 fully saturated rings. The van der Waals surface area contributed by atoms with Crippen LogP contribution < -0.4 is 5.73 Å². The maximum absolute atomic E-state index is 6.04. The number of nitrogen functional groups attached to an aromatic ring is 1. The summed E-state index contributed by atoms with van der Waals surface area (Å²) in [5, 5.41) is 3.00. The van der Waals surface area contributed by atoms with Crippen molar-refractivity contribution in [3.8, 4) is 0 Å². The largest absolute Gasteiger partial charge is 0.383 e. The normalized spacial score (nSPS) is 20.6. The van der Waals surface area contributed by atoms with E-state index in [1.54, 1.807) is 11.3 Å². The molecule has 0 saturated heterocycles. The van der Waals surface area contributed by atoms with Crippen LogP contribution >= 0.6 is 11.3 Å². The second-order valence-corrected chi connectivity index (χ2v) is 5.28. The number of anilines is 1. The van der Waals surface area contributed by atoms with E-state index >= 15 is 0 Å². The Morgan fingerprint density at radius 3 is 2.56 bits per heavy atom. The SMILES string of the molecule is CCOC1(c2nc(N)cs2)CCCCCC1. The van der Waals surface area contributed by atoms with Crippen molar-refractivity contribution < 1.29 is 4.74 Å². The molecule has 0 amide bonds. The van der Waals surface area contributed by atoms with Gasteiger partial charge in [-0.1, -0.05) is 25.7 Å². The van der Waals surface area contributed by atoms with Crippen molar-refractivity contribution in [2.45, 2.75) is 51.0 Å². The zero-order valence-electron chi connectivity index (χ0n) is 9.87. The van der Waals surface area contributed by atoms with Crippen LogP contribution in [0.5, 0.6) is 0 Å². The first kappa shape index (κ1) is 11.9. The van der Waals surface area contributed by atoms with Crippen LogP contribution in [0.25, 0.3) is 0 Å². The summed E-state index contributed by atoms with van der Waals surface area (Å²) in [5.74, 6) is 0.628. The quantitative estimate of drug-likeness (QED) is 0.825. The molecule has 0 aliphatic heterocycles. The van der Waals surface area contributed by atoms with E-state index in [4.69, 9.17) is 10.5 Å². The number of hydrogen-bond donors (Lipinski definition) is 1. The molecule has 0 atom stereocenters. The van der Waals surface area contributed by atoms with Crippen LogP contribution in [0.1, 0.15) is 50.5 Å². The third-order valence-corrected chi connectivity index (χ3v) is 4.29. The smallest absolute Gasteiger partial charge is 0.134 e.